The van der Waals surface area contributed by atoms with Gasteiger partial charge in [0, 0.05) is 16.0 Å². The van der Waals surface area contributed by atoms with Crippen LogP contribution in [0.3, 0.4) is 0 Å². The maximum atomic E-state index is 11.2. The maximum Gasteiger partial charge on any atom is 0.254 e. The summed E-state index contributed by atoms with van der Waals surface area (Å²) in [7, 11) is 0. The molecule has 11 heteroatoms. The van der Waals surface area contributed by atoms with E-state index in [4.69, 9.17) is 69.6 Å². The van der Waals surface area contributed by atoms with Crippen LogP contribution in [0.5, 0.6) is 0 Å². The number of aromatic amines is 2. The molecule has 2 aromatic heterocycles. The third kappa shape index (κ3) is 7.02. The average Bonchev–Trinajstić information content (AvgIpc) is 3.06. The summed E-state index contributed by atoms with van der Waals surface area (Å²) in [5.74, 6) is -1.09. The summed E-state index contributed by atoms with van der Waals surface area (Å²) >= 11 is 34.2. The minimum atomic E-state index is -1.88. The molecule has 2 rings (SSSR count). The topological polar surface area (TPSA) is 65.7 Å². The van der Waals surface area contributed by atoms with Crippen molar-refractivity contribution in [3.05, 3.63) is 45.6 Å². The van der Waals surface area contributed by atoms with Crippen molar-refractivity contribution in [1.82, 2.24) is 9.97 Å². The van der Waals surface area contributed by atoms with Gasteiger partial charge in [-0.15, -0.1) is 0 Å². The largest absolute Gasteiger partial charge is 0.359 e. The minimum Gasteiger partial charge on any atom is -0.359 e. The summed E-state index contributed by atoms with van der Waals surface area (Å²) in [6, 6.07) is 4.82. The summed E-state index contributed by atoms with van der Waals surface area (Å²) < 4.78 is -2.86. The van der Waals surface area contributed by atoms with Crippen LogP contribution in [0.2, 0.25) is 0 Å². The molecule has 2 N–H and O–H groups in total. The lowest BCUT2D eigenvalue weighted by Gasteiger charge is -2.06. The molecule has 0 atom stereocenters. The van der Waals surface area contributed by atoms with E-state index in [1.54, 1.807) is 30.6 Å². The fraction of sp³-hybridized carbons (Fsp3) is 0.167. The lowest BCUT2D eigenvalue weighted by molar-refractivity contribution is 0.0984. The summed E-state index contributed by atoms with van der Waals surface area (Å²) in [6.07, 6.45) is 3.24. The summed E-state index contributed by atoms with van der Waals surface area (Å²) in [5, 5.41) is 0. The van der Waals surface area contributed by atoms with E-state index in [9.17, 15) is 9.59 Å². The monoisotopic (exact) mass is 548 g/mol. The van der Waals surface area contributed by atoms with Crippen molar-refractivity contribution in [2.75, 3.05) is 0 Å². The van der Waals surface area contributed by atoms with E-state index in [1.807, 2.05) is 22.6 Å². The van der Waals surface area contributed by atoms with Crippen LogP contribution in [0.4, 0.5) is 0 Å². The van der Waals surface area contributed by atoms with Gasteiger partial charge in [-0.25, -0.2) is 0 Å². The fourth-order valence-corrected chi connectivity index (χ4v) is 2.35. The van der Waals surface area contributed by atoms with E-state index in [1.165, 1.54) is 0 Å². The third-order valence-corrected chi connectivity index (χ3v) is 3.90. The Hall–Kier alpha value is 0.370. The van der Waals surface area contributed by atoms with Crippen LogP contribution in [0.25, 0.3) is 0 Å². The number of nitrogens with one attached hydrogen (secondary N) is 2. The van der Waals surface area contributed by atoms with Gasteiger partial charge in [-0.3, -0.25) is 9.59 Å². The molecular weight excluding hydrogens is 544 g/mol. The Morgan fingerprint density at radius 3 is 1.78 bits per heavy atom. The Kier molecular flexibility index (Phi) is 8.05. The van der Waals surface area contributed by atoms with Crippen LogP contribution < -0.4 is 0 Å². The minimum absolute atomic E-state index is 0.296. The molecule has 0 aliphatic carbocycles. The molecule has 0 spiro atoms. The van der Waals surface area contributed by atoms with E-state index in [2.05, 4.69) is 9.97 Å². The Morgan fingerprint density at radius 2 is 1.43 bits per heavy atom. The molecule has 0 aliphatic heterocycles. The van der Waals surface area contributed by atoms with E-state index in [0.717, 1.165) is 3.57 Å². The number of halogens is 7. The Labute approximate surface area is 175 Å². The third-order valence-electron chi connectivity index (χ3n) is 2.25. The average molecular weight is 551 g/mol. The van der Waals surface area contributed by atoms with Crippen molar-refractivity contribution >= 4 is 104 Å². The summed E-state index contributed by atoms with van der Waals surface area (Å²) in [4.78, 5) is 27.7. The Morgan fingerprint density at radius 1 is 0.913 bits per heavy atom. The Balaban J connectivity index is 0.000000231. The molecule has 23 heavy (non-hydrogen) atoms. The van der Waals surface area contributed by atoms with Gasteiger partial charge in [-0.2, -0.15) is 0 Å². The van der Waals surface area contributed by atoms with Gasteiger partial charge < -0.3 is 9.97 Å². The molecule has 0 saturated carbocycles. The fourth-order valence-electron chi connectivity index (χ4n) is 1.28. The van der Waals surface area contributed by atoms with Crippen LogP contribution >= 0.6 is 92.2 Å². The number of carbonyl (C=O) groups is 2. The van der Waals surface area contributed by atoms with Crippen molar-refractivity contribution in [1.29, 1.82) is 0 Å². The number of H-pyrrole nitrogens is 2. The maximum absolute atomic E-state index is 11.2. The second-order valence-electron chi connectivity index (χ2n) is 3.97. The predicted octanol–water partition coefficient (Wildman–Crippen LogP) is 5.74. The molecule has 0 bridgehead atoms. The number of carbonyl (C=O) groups excluding carboxylic acids is 2. The van der Waals surface area contributed by atoms with Crippen LogP contribution in [0.1, 0.15) is 21.0 Å². The molecule has 0 radical (unpaired) electrons. The van der Waals surface area contributed by atoms with Crippen molar-refractivity contribution in [3.63, 3.8) is 0 Å². The number of rotatable bonds is 2. The first-order valence-electron chi connectivity index (χ1n) is 5.63. The van der Waals surface area contributed by atoms with Crippen LogP contribution in [-0.2, 0) is 0 Å². The number of alkyl halides is 6. The van der Waals surface area contributed by atoms with E-state index < -0.39 is 19.2 Å². The van der Waals surface area contributed by atoms with Gasteiger partial charge in [0.15, 0.2) is 0 Å². The van der Waals surface area contributed by atoms with Crippen molar-refractivity contribution in [2.45, 2.75) is 7.59 Å². The van der Waals surface area contributed by atoms with Gasteiger partial charge in [0.05, 0.1) is 11.4 Å². The zero-order valence-electron chi connectivity index (χ0n) is 10.8. The van der Waals surface area contributed by atoms with Crippen molar-refractivity contribution < 1.29 is 9.59 Å². The van der Waals surface area contributed by atoms with Crippen molar-refractivity contribution in [3.8, 4) is 0 Å². The highest BCUT2D eigenvalue weighted by molar-refractivity contribution is 14.1. The number of hydrogen-bond donors (Lipinski definition) is 2. The summed E-state index contributed by atoms with van der Waals surface area (Å²) in [6.45, 7) is 0. The lowest BCUT2D eigenvalue weighted by atomic mass is 10.3. The first kappa shape index (κ1) is 21.4. The number of aromatic nitrogens is 2. The normalized spacial score (nSPS) is 11.6. The molecule has 2 heterocycles. The molecule has 0 aliphatic rings. The van der Waals surface area contributed by atoms with Crippen LogP contribution in [0, 0.1) is 3.57 Å². The molecule has 0 fully saturated rings. The zero-order chi connectivity index (χ0) is 17.8. The van der Waals surface area contributed by atoms with E-state index in [-0.39, 0.29) is 0 Å². The predicted molar refractivity (Wildman–Crippen MR) is 104 cm³/mol. The first-order chi connectivity index (χ1) is 10.4. The van der Waals surface area contributed by atoms with Crippen molar-refractivity contribution in [2.24, 2.45) is 0 Å². The number of Topliss-reactive ketones (excluding diaryl/α,β-unsaturated/α-hetero) is 2. The van der Waals surface area contributed by atoms with Gasteiger partial charge in [0.25, 0.3) is 7.59 Å². The van der Waals surface area contributed by atoms with E-state index in [0.29, 0.717) is 11.4 Å². The smallest absolute Gasteiger partial charge is 0.254 e. The molecule has 0 saturated heterocycles. The number of hydrogen-bond acceptors (Lipinski definition) is 2. The van der Waals surface area contributed by atoms with Gasteiger partial charge in [-0.05, 0) is 40.8 Å². The standard InChI is InChI=1S/C6H3Cl3INO.C6H4Cl3NO/c7-6(8,9)5(12)4-1-3(10)2-11-4;7-6(8,9)5(11)4-2-1-3-10-4/h1-2,11H;1-3,10H. The SMILES string of the molecule is O=C(c1cc(I)c[nH]1)C(Cl)(Cl)Cl.O=C(c1ccc[nH]1)C(Cl)(Cl)Cl. The quantitative estimate of drug-likeness (QED) is 0.285. The molecule has 0 amide bonds. The van der Waals surface area contributed by atoms with Gasteiger partial charge >= 0.3 is 0 Å². The number of ketones is 2. The highest BCUT2D eigenvalue weighted by Crippen LogP contribution is 2.30. The van der Waals surface area contributed by atoms with Crippen LogP contribution in [0.15, 0.2) is 30.6 Å². The molecule has 2 aromatic rings. The summed E-state index contributed by atoms with van der Waals surface area (Å²) in [5.41, 5.74) is 0.601. The first-order valence-corrected chi connectivity index (χ1v) is 8.98. The van der Waals surface area contributed by atoms with Gasteiger partial charge in [0.2, 0.25) is 11.6 Å². The highest BCUT2D eigenvalue weighted by Gasteiger charge is 2.32. The molecular formula is C12H7Cl6IN2O2. The zero-order valence-corrected chi connectivity index (χ0v) is 17.5. The molecule has 0 aromatic carbocycles. The molecule has 4 nitrogen and oxygen atoms in total. The molecule has 0 unspecified atom stereocenters. The lowest BCUT2D eigenvalue weighted by Crippen LogP contribution is -2.19. The Bertz CT molecular complexity index is 673. The highest BCUT2D eigenvalue weighted by atomic mass is 127. The van der Waals surface area contributed by atoms with Crippen LogP contribution in [-0.4, -0.2) is 29.1 Å². The van der Waals surface area contributed by atoms with Gasteiger partial charge in [-0.1, -0.05) is 69.6 Å². The molecule has 126 valence electrons. The van der Waals surface area contributed by atoms with Gasteiger partial charge in [0.1, 0.15) is 0 Å². The second-order valence-corrected chi connectivity index (χ2v) is 9.78. The van der Waals surface area contributed by atoms with E-state index >= 15 is 0 Å². The second kappa shape index (κ2) is 8.65.